The van der Waals surface area contributed by atoms with E-state index in [-0.39, 0.29) is 12.5 Å². The first kappa shape index (κ1) is 66.5. The highest BCUT2D eigenvalue weighted by Gasteiger charge is 2.51. The zero-order valence-electron chi connectivity index (χ0n) is 45.1. The average molecular weight is 1030 g/mol. The highest BCUT2D eigenvalue weighted by molar-refractivity contribution is 5.76. The summed E-state index contributed by atoms with van der Waals surface area (Å²) in [6.45, 7) is 2.72. The number of aliphatic hydroxyl groups excluding tert-OH is 8. The first-order chi connectivity index (χ1) is 35.6. The van der Waals surface area contributed by atoms with Crippen molar-refractivity contribution >= 4 is 5.91 Å². The van der Waals surface area contributed by atoms with Gasteiger partial charge in [-0.2, -0.15) is 0 Å². The van der Waals surface area contributed by atoms with Crippen LogP contribution in [0.3, 0.4) is 0 Å². The van der Waals surface area contributed by atoms with Crippen molar-refractivity contribution < 1.29 is 64.6 Å². The number of nitrogens with one attached hydrogen (secondary N) is 1. The number of rotatable bonds is 44. The Hall–Kier alpha value is -2.57. The van der Waals surface area contributed by atoms with E-state index in [1.165, 1.54) is 77.0 Å². The molecular formula is C59H103NO13. The van der Waals surface area contributed by atoms with Crippen LogP contribution in [0.25, 0.3) is 0 Å². The number of hydrogen-bond acceptors (Lipinski definition) is 13. The quantitative estimate of drug-likeness (QED) is 0.0205. The van der Waals surface area contributed by atoms with Gasteiger partial charge in [0, 0.05) is 6.42 Å². The van der Waals surface area contributed by atoms with Crippen LogP contribution in [0, 0.1) is 0 Å². The zero-order valence-corrected chi connectivity index (χ0v) is 45.1. The molecule has 0 saturated carbocycles. The van der Waals surface area contributed by atoms with Crippen LogP contribution in [-0.4, -0.2) is 140 Å². The molecule has 2 aliphatic rings. The molecule has 0 aliphatic carbocycles. The van der Waals surface area contributed by atoms with Crippen molar-refractivity contribution in [1.82, 2.24) is 5.32 Å². The lowest BCUT2D eigenvalue weighted by Gasteiger charge is -2.46. The lowest BCUT2D eigenvalue weighted by Crippen LogP contribution is -2.65. The Balaban J connectivity index is 1.73. The van der Waals surface area contributed by atoms with Crippen LogP contribution in [0.1, 0.15) is 200 Å². The molecule has 14 heteroatoms. The van der Waals surface area contributed by atoms with Gasteiger partial charge in [0.15, 0.2) is 12.6 Å². The van der Waals surface area contributed by atoms with Crippen molar-refractivity contribution in [1.29, 1.82) is 0 Å². The lowest BCUT2D eigenvalue weighted by atomic mass is 9.97. The number of amides is 1. The van der Waals surface area contributed by atoms with Crippen LogP contribution in [-0.2, 0) is 23.7 Å². The molecule has 14 nitrogen and oxygen atoms in total. The van der Waals surface area contributed by atoms with E-state index in [2.05, 4.69) is 92.1 Å². The second-order valence-corrected chi connectivity index (χ2v) is 20.0. The minimum Gasteiger partial charge on any atom is -0.394 e. The number of allylic oxidation sites excluding steroid dienone is 12. The second-order valence-electron chi connectivity index (χ2n) is 20.0. The standard InChI is InChI=1S/C59H103NO13/c1-3-5-7-9-11-13-15-17-18-19-20-21-22-23-24-25-26-27-28-29-30-31-33-35-37-39-41-43-51(64)60-47(48(63)42-40-38-36-34-32-16-14-12-10-8-6-4-2)46-70-58-56(69)54(67)57(50(45-62)72-58)73-59-55(68)53(66)52(65)49(44-61)71-59/h5,7,11,13,17-18,20-21,23-24,26-27,47-50,52-59,61-63,65-69H,3-4,6,8-10,12,14-16,19,22,25,28-46H2,1-2H3,(H,60,64)/b7-5-,13-11-,18-17-,21-20-,24-23-,27-26-. The molecule has 9 N–H and O–H groups in total. The summed E-state index contributed by atoms with van der Waals surface area (Å²) >= 11 is 0. The van der Waals surface area contributed by atoms with Gasteiger partial charge in [-0.25, -0.2) is 0 Å². The van der Waals surface area contributed by atoms with Crippen molar-refractivity contribution in [3.8, 4) is 0 Å². The minimum atomic E-state index is -1.79. The average Bonchev–Trinajstić information content (AvgIpc) is 3.39. The molecule has 73 heavy (non-hydrogen) atoms. The first-order valence-corrected chi connectivity index (χ1v) is 28.7. The fraction of sp³-hybridized carbons (Fsp3) is 0.780. The van der Waals surface area contributed by atoms with Gasteiger partial charge in [-0.1, -0.05) is 202 Å². The summed E-state index contributed by atoms with van der Waals surface area (Å²) in [5.41, 5.74) is 0. The minimum absolute atomic E-state index is 0.219. The van der Waals surface area contributed by atoms with Gasteiger partial charge in [0.1, 0.15) is 48.8 Å². The maximum atomic E-state index is 13.2. The van der Waals surface area contributed by atoms with E-state index in [1.54, 1.807) is 0 Å². The number of ether oxygens (including phenoxy) is 4. The maximum absolute atomic E-state index is 13.2. The monoisotopic (exact) mass is 1030 g/mol. The molecule has 2 aliphatic heterocycles. The van der Waals surface area contributed by atoms with Gasteiger partial charge >= 0.3 is 0 Å². The first-order valence-electron chi connectivity index (χ1n) is 28.7. The normalized spacial score (nSPS) is 25.9. The number of carbonyl (C=O) groups is 1. The van der Waals surface area contributed by atoms with Crippen LogP contribution in [0.2, 0.25) is 0 Å². The molecule has 12 atom stereocenters. The van der Waals surface area contributed by atoms with Gasteiger partial charge < -0.3 is 65.1 Å². The summed E-state index contributed by atoms with van der Waals surface area (Å²) < 4.78 is 22.8. The Morgan fingerprint density at radius 3 is 1.45 bits per heavy atom. The van der Waals surface area contributed by atoms with E-state index < -0.39 is 86.8 Å². The molecule has 0 bridgehead atoms. The van der Waals surface area contributed by atoms with E-state index >= 15 is 0 Å². The molecule has 0 aromatic carbocycles. The van der Waals surface area contributed by atoms with Gasteiger partial charge in [-0.05, 0) is 64.2 Å². The Bertz CT molecular complexity index is 1500. The summed E-state index contributed by atoms with van der Waals surface area (Å²) in [5.74, 6) is -0.219. The zero-order chi connectivity index (χ0) is 53.2. The van der Waals surface area contributed by atoms with Gasteiger partial charge in [-0.3, -0.25) is 4.79 Å². The van der Waals surface area contributed by atoms with Crippen molar-refractivity contribution in [3.63, 3.8) is 0 Å². The smallest absolute Gasteiger partial charge is 0.220 e. The topological polar surface area (TPSA) is 228 Å². The van der Waals surface area contributed by atoms with E-state index in [9.17, 15) is 45.6 Å². The van der Waals surface area contributed by atoms with E-state index in [0.717, 1.165) is 89.9 Å². The number of carbonyl (C=O) groups excluding carboxylic acids is 1. The van der Waals surface area contributed by atoms with Crippen molar-refractivity contribution in [3.05, 3.63) is 72.9 Å². The van der Waals surface area contributed by atoms with Crippen LogP contribution in [0.4, 0.5) is 0 Å². The molecule has 0 radical (unpaired) electrons. The summed E-state index contributed by atoms with van der Waals surface area (Å²) in [6, 6.07) is -0.836. The molecule has 2 heterocycles. The van der Waals surface area contributed by atoms with Gasteiger partial charge in [0.05, 0.1) is 32.0 Å². The third kappa shape index (κ3) is 30.7. The Kier molecular flexibility index (Phi) is 40.6. The highest BCUT2D eigenvalue weighted by Crippen LogP contribution is 2.30. The predicted octanol–water partition coefficient (Wildman–Crippen LogP) is 9.16. The number of aliphatic hydroxyl groups is 8. The molecule has 0 spiro atoms. The third-order valence-corrected chi connectivity index (χ3v) is 13.7. The van der Waals surface area contributed by atoms with Gasteiger partial charge in [0.2, 0.25) is 5.91 Å². The highest BCUT2D eigenvalue weighted by atomic mass is 16.7. The van der Waals surface area contributed by atoms with Crippen molar-refractivity contribution in [2.75, 3.05) is 19.8 Å². The number of unbranched alkanes of at least 4 members (excludes halogenated alkanes) is 19. The van der Waals surface area contributed by atoms with Crippen molar-refractivity contribution in [2.45, 2.75) is 274 Å². The molecule has 2 rings (SSSR count). The Morgan fingerprint density at radius 1 is 0.507 bits per heavy atom. The van der Waals surface area contributed by atoms with Crippen molar-refractivity contribution in [2.24, 2.45) is 0 Å². The third-order valence-electron chi connectivity index (χ3n) is 13.7. The lowest BCUT2D eigenvalue weighted by molar-refractivity contribution is -0.359. The predicted molar refractivity (Wildman–Crippen MR) is 290 cm³/mol. The molecule has 2 fully saturated rings. The summed E-state index contributed by atoms with van der Waals surface area (Å²) in [5, 5.41) is 87.1. The molecular weight excluding hydrogens is 931 g/mol. The number of hydrogen-bond donors (Lipinski definition) is 9. The Morgan fingerprint density at radius 2 is 0.945 bits per heavy atom. The van der Waals surface area contributed by atoms with E-state index in [0.29, 0.717) is 19.3 Å². The van der Waals surface area contributed by atoms with Crippen LogP contribution < -0.4 is 5.32 Å². The summed E-state index contributed by atoms with van der Waals surface area (Å²) in [6.07, 6.45) is 40.4. The van der Waals surface area contributed by atoms with Crippen LogP contribution in [0.5, 0.6) is 0 Å². The van der Waals surface area contributed by atoms with E-state index in [1.807, 2.05) is 0 Å². The molecule has 1 amide bonds. The molecule has 422 valence electrons. The Labute approximate surface area is 440 Å². The SMILES string of the molecule is CC/C=C\C/C=C\C/C=C\C/C=C\C/C=C\C/C=C\CCCCCCCCCCC(=O)NC(COC1OC(CO)C(OC2OC(CO)C(O)C(O)C2O)C(O)C1O)C(O)CCCCCCCCCCCCCC. The van der Waals surface area contributed by atoms with Gasteiger partial charge in [0.25, 0.3) is 0 Å². The molecule has 0 aromatic heterocycles. The summed E-state index contributed by atoms with van der Waals surface area (Å²) in [4.78, 5) is 13.2. The van der Waals surface area contributed by atoms with E-state index in [4.69, 9.17) is 18.9 Å². The fourth-order valence-corrected chi connectivity index (χ4v) is 9.06. The molecule has 12 unspecified atom stereocenters. The fourth-order valence-electron chi connectivity index (χ4n) is 9.06. The van der Waals surface area contributed by atoms with Gasteiger partial charge in [-0.15, -0.1) is 0 Å². The largest absolute Gasteiger partial charge is 0.394 e. The molecule has 2 saturated heterocycles. The summed E-state index contributed by atoms with van der Waals surface area (Å²) in [7, 11) is 0. The maximum Gasteiger partial charge on any atom is 0.220 e. The molecule has 0 aromatic rings. The van der Waals surface area contributed by atoms with Crippen LogP contribution in [0.15, 0.2) is 72.9 Å². The van der Waals surface area contributed by atoms with Crippen LogP contribution >= 0.6 is 0 Å². The second kappa shape index (κ2) is 44.5.